The lowest BCUT2D eigenvalue weighted by atomic mass is 10.1. The highest BCUT2D eigenvalue weighted by atomic mass is 32.2. The van der Waals surface area contributed by atoms with E-state index in [2.05, 4.69) is 13.2 Å². The second-order valence-corrected chi connectivity index (χ2v) is 5.84. The topological polar surface area (TPSA) is 20.3 Å². The van der Waals surface area contributed by atoms with Gasteiger partial charge >= 0.3 is 0 Å². The number of thioether (sulfide) groups is 1. The standard InChI is InChI=1S/C15H22FNOS/c1-12(8-9-19-3)17(2)11-14(18)10-13-6-4-5-7-15(13)16/h4-7,12H,8-11H2,1-3H3. The van der Waals surface area contributed by atoms with Crippen molar-refractivity contribution in [3.63, 3.8) is 0 Å². The van der Waals surface area contributed by atoms with Crippen LogP contribution < -0.4 is 0 Å². The lowest BCUT2D eigenvalue weighted by Gasteiger charge is -2.23. The maximum atomic E-state index is 13.4. The van der Waals surface area contributed by atoms with Gasteiger partial charge in [-0.05, 0) is 44.0 Å². The van der Waals surface area contributed by atoms with Gasteiger partial charge in [0.25, 0.3) is 0 Å². The maximum Gasteiger partial charge on any atom is 0.151 e. The van der Waals surface area contributed by atoms with Crippen molar-refractivity contribution in [2.24, 2.45) is 0 Å². The van der Waals surface area contributed by atoms with E-state index in [1.54, 1.807) is 18.2 Å². The first kappa shape index (κ1) is 16.2. The summed E-state index contributed by atoms with van der Waals surface area (Å²) in [7, 11) is 1.95. The zero-order valence-corrected chi connectivity index (χ0v) is 12.7. The summed E-state index contributed by atoms with van der Waals surface area (Å²) in [6.07, 6.45) is 3.31. The van der Waals surface area contributed by atoms with Gasteiger partial charge in [0.05, 0.1) is 6.54 Å². The predicted octanol–water partition coefficient (Wildman–Crippen LogP) is 3.01. The molecule has 0 aliphatic carbocycles. The number of nitrogens with zero attached hydrogens (tertiary/aromatic N) is 1. The largest absolute Gasteiger partial charge is 0.298 e. The molecule has 0 aromatic heterocycles. The molecule has 19 heavy (non-hydrogen) atoms. The molecule has 2 nitrogen and oxygen atoms in total. The fourth-order valence-electron chi connectivity index (χ4n) is 1.85. The summed E-state index contributed by atoms with van der Waals surface area (Å²) >= 11 is 1.81. The first-order valence-electron chi connectivity index (χ1n) is 6.49. The normalized spacial score (nSPS) is 12.7. The molecule has 1 unspecified atom stereocenters. The summed E-state index contributed by atoms with van der Waals surface area (Å²) in [5.74, 6) is 0.852. The third kappa shape index (κ3) is 5.74. The molecule has 0 amide bonds. The van der Waals surface area contributed by atoms with Gasteiger partial charge in [-0.1, -0.05) is 18.2 Å². The van der Waals surface area contributed by atoms with Crippen molar-refractivity contribution in [1.82, 2.24) is 4.90 Å². The Kier molecular flexibility index (Phi) is 7.10. The number of hydrogen-bond acceptors (Lipinski definition) is 3. The second-order valence-electron chi connectivity index (χ2n) is 4.85. The van der Waals surface area contributed by atoms with E-state index in [-0.39, 0.29) is 18.0 Å². The van der Waals surface area contributed by atoms with Crippen LogP contribution in [0.25, 0.3) is 0 Å². The minimum atomic E-state index is -0.297. The predicted molar refractivity (Wildman–Crippen MR) is 80.2 cm³/mol. The molecule has 0 aliphatic heterocycles. The van der Waals surface area contributed by atoms with E-state index in [9.17, 15) is 9.18 Å². The number of halogens is 1. The molecule has 0 heterocycles. The first-order chi connectivity index (χ1) is 9.04. The van der Waals surface area contributed by atoms with E-state index in [0.717, 1.165) is 12.2 Å². The van der Waals surface area contributed by atoms with E-state index in [1.165, 1.54) is 6.07 Å². The fourth-order valence-corrected chi connectivity index (χ4v) is 2.43. The van der Waals surface area contributed by atoms with E-state index < -0.39 is 0 Å². The van der Waals surface area contributed by atoms with E-state index in [4.69, 9.17) is 0 Å². The van der Waals surface area contributed by atoms with Crippen LogP contribution in [0.4, 0.5) is 4.39 Å². The van der Waals surface area contributed by atoms with Crippen molar-refractivity contribution in [1.29, 1.82) is 0 Å². The quantitative estimate of drug-likeness (QED) is 0.731. The minimum Gasteiger partial charge on any atom is -0.298 e. The van der Waals surface area contributed by atoms with Crippen LogP contribution in [0, 0.1) is 5.82 Å². The number of rotatable bonds is 8. The van der Waals surface area contributed by atoms with Crippen LogP contribution in [-0.4, -0.2) is 42.3 Å². The van der Waals surface area contributed by atoms with Gasteiger partial charge in [-0.2, -0.15) is 11.8 Å². The number of Topliss-reactive ketones (excluding diaryl/α,β-unsaturated/α-hetero) is 1. The summed E-state index contributed by atoms with van der Waals surface area (Å²) in [6.45, 7) is 2.50. The minimum absolute atomic E-state index is 0.0589. The molecule has 1 aromatic rings. The van der Waals surface area contributed by atoms with Crippen molar-refractivity contribution in [3.05, 3.63) is 35.6 Å². The molecule has 1 atom stereocenters. The maximum absolute atomic E-state index is 13.4. The summed E-state index contributed by atoms with van der Waals surface area (Å²) in [6, 6.07) is 6.84. The summed E-state index contributed by atoms with van der Waals surface area (Å²) in [5.41, 5.74) is 0.484. The molecule has 0 saturated carbocycles. The Morgan fingerprint density at radius 1 is 1.42 bits per heavy atom. The average molecular weight is 283 g/mol. The van der Waals surface area contributed by atoms with Gasteiger partial charge in [-0.15, -0.1) is 0 Å². The van der Waals surface area contributed by atoms with Gasteiger partial charge in [0, 0.05) is 12.5 Å². The smallest absolute Gasteiger partial charge is 0.151 e. The van der Waals surface area contributed by atoms with Crippen molar-refractivity contribution >= 4 is 17.5 Å². The van der Waals surface area contributed by atoms with Gasteiger partial charge in [-0.25, -0.2) is 4.39 Å². The molecular formula is C15H22FNOS. The average Bonchev–Trinajstić information content (AvgIpc) is 2.38. The number of ketones is 1. The number of benzene rings is 1. The van der Waals surface area contributed by atoms with Gasteiger partial charge in [0.1, 0.15) is 5.82 Å². The fraction of sp³-hybridized carbons (Fsp3) is 0.533. The summed E-state index contributed by atoms with van der Waals surface area (Å²) in [5, 5.41) is 0. The van der Waals surface area contributed by atoms with Crippen molar-refractivity contribution in [3.8, 4) is 0 Å². The molecule has 1 rings (SSSR count). The highest BCUT2D eigenvalue weighted by Gasteiger charge is 2.14. The van der Waals surface area contributed by atoms with Gasteiger partial charge in [0.2, 0.25) is 0 Å². The highest BCUT2D eigenvalue weighted by molar-refractivity contribution is 7.98. The monoisotopic (exact) mass is 283 g/mol. The molecule has 0 N–H and O–H groups in total. The molecule has 0 fully saturated rings. The Bertz CT molecular complexity index is 411. The van der Waals surface area contributed by atoms with Gasteiger partial charge in [0.15, 0.2) is 5.78 Å². The summed E-state index contributed by atoms with van der Waals surface area (Å²) in [4.78, 5) is 14.0. The van der Waals surface area contributed by atoms with E-state index in [0.29, 0.717) is 18.2 Å². The van der Waals surface area contributed by atoms with Crippen LogP contribution in [-0.2, 0) is 11.2 Å². The van der Waals surface area contributed by atoms with Crippen LogP contribution in [0.5, 0.6) is 0 Å². The second kappa shape index (κ2) is 8.33. The molecule has 4 heteroatoms. The lowest BCUT2D eigenvalue weighted by molar-refractivity contribution is -0.119. The van der Waals surface area contributed by atoms with Gasteiger partial charge in [-0.3, -0.25) is 9.69 Å². The molecule has 0 radical (unpaired) electrons. The van der Waals surface area contributed by atoms with E-state index in [1.807, 2.05) is 23.7 Å². The Balaban J connectivity index is 2.45. The van der Waals surface area contributed by atoms with Crippen LogP contribution in [0.15, 0.2) is 24.3 Å². The third-order valence-electron chi connectivity index (χ3n) is 3.26. The number of carbonyl (C=O) groups is 1. The van der Waals surface area contributed by atoms with Crippen molar-refractivity contribution in [2.45, 2.75) is 25.8 Å². The molecule has 1 aromatic carbocycles. The Hall–Kier alpha value is -0.870. The van der Waals surface area contributed by atoms with Crippen LogP contribution in [0.3, 0.4) is 0 Å². The number of hydrogen-bond donors (Lipinski definition) is 0. The third-order valence-corrected chi connectivity index (χ3v) is 3.91. The van der Waals surface area contributed by atoms with Crippen LogP contribution >= 0.6 is 11.8 Å². The van der Waals surface area contributed by atoms with Crippen molar-refractivity contribution < 1.29 is 9.18 Å². The Labute approximate surface area is 119 Å². The number of likely N-dealkylation sites (N-methyl/N-ethyl adjacent to an activating group) is 1. The number of carbonyl (C=O) groups excluding carboxylic acids is 1. The van der Waals surface area contributed by atoms with Crippen LogP contribution in [0.1, 0.15) is 18.9 Å². The lowest BCUT2D eigenvalue weighted by Crippen LogP contribution is -2.35. The molecule has 0 aliphatic rings. The molecule has 106 valence electrons. The molecule has 0 bridgehead atoms. The summed E-state index contributed by atoms with van der Waals surface area (Å²) < 4.78 is 13.4. The zero-order chi connectivity index (χ0) is 14.3. The Morgan fingerprint density at radius 2 is 2.11 bits per heavy atom. The highest BCUT2D eigenvalue weighted by Crippen LogP contribution is 2.09. The first-order valence-corrected chi connectivity index (χ1v) is 7.88. The Morgan fingerprint density at radius 3 is 2.74 bits per heavy atom. The van der Waals surface area contributed by atoms with Crippen LogP contribution in [0.2, 0.25) is 0 Å². The molecule has 0 saturated heterocycles. The van der Waals surface area contributed by atoms with Crippen molar-refractivity contribution in [2.75, 3.05) is 25.6 Å². The van der Waals surface area contributed by atoms with E-state index >= 15 is 0 Å². The zero-order valence-electron chi connectivity index (χ0n) is 11.9. The SMILES string of the molecule is CSCCC(C)N(C)CC(=O)Cc1ccccc1F. The molecular weight excluding hydrogens is 261 g/mol. The molecule has 0 spiro atoms. The van der Waals surface area contributed by atoms with Gasteiger partial charge < -0.3 is 0 Å².